The minimum absolute atomic E-state index is 1.06. The van der Waals surface area contributed by atoms with E-state index in [-0.39, 0.29) is 0 Å². The van der Waals surface area contributed by atoms with Crippen molar-refractivity contribution in [1.29, 1.82) is 0 Å². The van der Waals surface area contributed by atoms with Crippen molar-refractivity contribution in [3.8, 4) is 11.1 Å². The van der Waals surface area contributed by atoms with Crippen LogP contribution in [0.1, 0.15) is 5.56 Å². The maximum Gasteiger partial charge on any atom is 0.115 e. The molecule has 0 aliphatic heterocycles. The second kappa shape index (κ2) is 4.39. The first-order valence-electron chi connectivity index (χ1n) is 6.50. The van der Waals surface area contributed by atoms with Crippen LogP contribution in [0.5, 0.6) is 0 Å². The second-order valence-electron chi connectivity index (χ2n) is 4.89. The van der Waals surface area contributed by atoms with Gasteiger partial charge in [0.25, 0.3) is 0 Å². The van der Waals surface area contributed by atoms with Gasteiger partial charge < -0.3 is 0 Å². The van der Waals surface area contributed by atoms with Crippen LogP contribution in [0.25, 0.3) is 31.3 Å². The average molecular weight is 276 g/mol. The first-order valence-corrected chi connectivity index (χ1v) is 7.32. The van der Waals surface area contributed by atoms with Gasteiger partial charge in [0.05, 0.1) is 0 Å². The number of hydrogen-bond acceptors (Lipinski definition) is 3. The Morgan fingerprint density at radius 1 is 0.900 bits per heavy atom. The van der Waals surface area contributed by atoms with Crippen molar-refractivity contribution in [2.75, 3.05) is 0 Å². The molecule has 0 atom stereocenters. The Morgan fingerprint density at radius 3 is 2.60 bits per heavy atom. The highest BCUT2D eigenvalue weighted by Gasteiger charge is 2.08. The van der Waals surface area contributed by atoms with Gasteiger partial charge in [0.1, 0.15) is 6.33 Å². The van der Waals surface area contributed by atoms with E-state index in [0.29, 0.717) is 0 Å². The molecular weight excluding hydrogens is 264 g/mol. The topological polar surface area (TPSA) is 25.8 Å². The number of benzene rings is 2. The molecule has 20 heavy (non-hydrogen) atoms. The monoisotopic (exact) mass is 276 g/mol. The van der Waals surface area contributed by atoms with Gasteiger partial charge >= 0.3 is 0 Å². The van der Waals surface area contributed by atoms with Gasteiger partial charge in [-0.3, -0.25) is 0 Å². The summed E-state index contributed by atoms with van der Waals surface area (Å²) in [5.41, 5.74) is 3.57. The third kappa shape index (κ3) is 1.71. The molecule has 96 valence electrons. The number of hydrogen-bond donors (Lipinski definition) is 0. The van der Waals surface area contributed by atoms with E-state index in [1.807, 2.05) is 23.7 Å². The van der Waals surface area contributed by atoms with E-state index in [1.165, 1.54) is 31.3 Å². The quantitative estimate of drug-likeness (QED) is 0.498. The largest absolute Gasteiger partial charge is 0.244 e. The molecule has 0 fully saturated rings. The van der Waals surface area contributed by atoms with Gasteiger partial charge in [0.2, 0.25) is 0 Å². The molecular formula is C17H12N2S. The molecule has 0 saturated carbocycles. The zero-order valence-electron chi connectivity index (χ0n) is 11.0. The van der Waals surface area contributed by atoms with E-state index in [1.54, 1.807) is 6.33 Å². The fourth-order valence-electron chi connectivity index (χ4n) is 2.63. The molecule has 0 aliphatic rings. The summed E-state index contributed by atoms with van der Waals surface area (Å²) in [7, 11) is 0. The van der Waals surface area contributed by atoms with Crippen molar-refractivity contribution in [3.05, 3.63) is 60.7 Å². The molecule has 0 aliphatic carbocycles. The minimum atomic E-state index is 1.06. The lowest BCUT2D eigenvalue weighted by atomic mass is 10.0. The number of aryl methyl sites for hydroxylation is 1. The normalized spacial score (nSPS) is 11.2. The van der Waals surface area contributed by atoms with Gasteiger partial charge in [0.15, 0.2) is 0 Å². The Kier molecular flexibility index (Phi) is 2.54. The van der Waals surface area contributed by atoms with Crippen LogP contribution in [0.2, 0.25) is 0 Å². The molecule has 0 amide bonds. The number of thiophene rings is 1. The molecule has 0 bridgehead atoms. The van der Waals surface area contributed by atoms with Crippen LogP contribution in [0.3, 0.4) is 0 Å². The summed E-state index contributed by atoms with van der Waals surface area (Å²) in [4.78, 5) is 8.18. The summed E-state index contributed by atoms with van der Waals surface area (Å²) in [5.74, 6) is 0. The molecule has 0 spiro atoms. The zero-order valence-corrected chi connectivity index (χ0v) is 11.8. The van der Waals surface area contributed by atoms with E-state index in [2.05, 4.69) is 53.3 Å². The van der Waals surface area contributed by atoms with Crippen molar-refractivity contribution < 1.29 is 0 Å². The van der Waals surface area contributed by atoms with Gasteiger partial charge in [-0.15, -0.1) is 11.3 Å². The predicted octanol–water partition coefficient (Wildman–Crippen LogP) is 4.82. The van der Waals surface area contributed by atoms with E-state index in [0.717, 1.165) is 5.56 Å². The van der Waals surface area contributed by atoms with Crippen LogP contribution in [0.15, 0.2) is 55.1 Å². The predicted molar refractivity (Wildman–Crippen MR) is 85.1 cm³/mol. The van der Waals surface area contributed by atoms with Crippen molar-refractivity contribution in [2.45, 2.75) is 6.92 Å². The summed E-state index contributed by atoms with van der Waals surface area (Å²) in [6.07, 6.45) is 5.27. The van der Waals surface area contributed by atoms with Crippen LogP contribution in [0, 0.1) is 6.92 Å². The van der Waals surface area contributed by atoms with Crippen LogP contribution < -0.4 is 0 Å². The van der Waals surface area contributed by atoms with Crippen LogP contribution in [-0.2, 0) is 0 Å². The Bertz CT molecular complexity index is 910. The highest BCUT2D eigenvalue weighted by molar-refractivity contribution is 7.25. The van der Waals surface area contributed by atoms with Crippen molar-refractivity contribution in [2.24, 2.45) is 0 Å². The second-order valence-corrected chi connectivity index (χ2v) is 5.97. The summed E-state index contributed by atoms with van der Waals surface area (Å²) >= 11 is 1.84. The van der Waals surface area contributed by atoms with E-state index < -0.39 is 0 Å². The smallest absolute Gasteiger partial charge is 0.115 e. The molecule has 2 heterocycles. The fraction of sp³-hybridized carbons (Fsp3) is 0.0588. The molecule has 0 saturated heterocycles. The lowest BCUT2D eigenvalue weighted by molar-refractivity contribution is 1.17. The van der Waals surface area contributed by atoms with E-state index in [9.17, 15) is 0 Å². The Morgan fingerprint density at radius 2 is 1.75 bits per heavy atom. The highest BCUT2D eigenvalue weighted by Crippen LogP contribution is 2.37. The van der Waals surface area contributed by atoms with Crippen LogP contribution in [-0.4, -0.2) is 9.97 Å². The molecule has 3 heteroatoms. The SMILES string of the molecule is Cc1cccc2sc3cc(-c4cncnc4)ccc3c12. The van der Waals surface area contributed by atoms with Crippen molar-refractivity contribution >= 4 is 31.5 Å². The van der Waals surface area contributed by atoms with Gasteiger partial charge in [-0.2, -0.15) is 0 Å². The lowest BCUT2D eigenvalue weighted by Gasteiger charge is -2.01. The Hall–Kier alpha value is -2.26. The third-order valence-corrected chi connectivity index (χ3v) is 4.72. The van der Waals surface area contributed by atoms with Crippen molar-refractivity contribution in [3.63, 3.8) is 0 Å². The molecule has 2 aromatic heterocycles. The Labute approximate surface area is 120 Å². The standard InChI is InChI=1S/C17H12N2S/c1-11-3-2-4-15-17(11)14-6-5-12(7-16(14)20-15)13-8-18-10-19-9-13/h2-10H,1H3. The average Bonchev–Trinajstić information content (AvgIpc) is 2.87. The molecule has 0 unspecified atom stereocenters. The lowest BCUT2D eigenvalue weighted by Crippen LogP contribution is -1.81. The summed E-state index contributed by atoms with van der Waals surface area (Å²) in [6.45, 7) is 2.17. The number of rotatable bonds is 1. The van der Waals surface area contributed by atoms with Crippen LogP contribution in [0.4, 0.5) is 0 Å². The number of fused-ring (bicyclic) bond motifs is 3. The van der Waals surface area contributed by atoms with Gasteiger partial charge in [-0.25, -0.2) is 9.97 Å². The number of nitrogens with zero attached hydrogens (tertiary/aromatic N) is 2. The molecule has 0 N–H and O–H groups in total. The first kappa shape index (κ1) is 11.6. The third-order valence-electron chi connectivity index (χ3n) is 3.60. The number of aromatic nitrogens is 2. The highest BCUT2D eigenvalue weighted by atomic mass is 32.1. The van der Waals surface area contributed by atoms with Crippen molar-refractivity contribution in [1.82, 2.24) is 9.97 Å². The molecule has 2 aromatic carbocycles. The van der Waals surface area contributed by atoms with E-state index in [4.69, 9.17) is 0 Å². The maximum atomic E-state index is 4.09. The van der Waals surface area contributed by atoms with Gasteiger partial charge in [0, 0.05) is 38.1 Å². The summed E-state index contributed by atoms with van der Waals surface area (Å²) in [5, 5.41) is 2.71. The molecule has 4 aromatic rings. The Balaban J connectivity index is 2.01. The van der Waals surface area contributed by atoms with Crippen LogP contribution >= 0.6 is 11.3 Å². The summed E-state index contributed by atoms with van der Waals surface area (Å²) < 4.78 is 2.66. The molecule has 4 rings (SSSR count). The first-order chi connectivity index (χ1) is 9.83. The molecule has 0 radical (unpaired) electrons. The van der Waals surface area contributed by atoms with E-state index >= 15 is 0 Å². The fourth-order valence-corrected chi connectivity index (χ4v) is 3.85. The summed E-state index contributed by atoms with van der Waals surface area (Å²) in [6, 6.07) is 13.1. The molecule has 2 nitrogen and oxygen atoms in total. The van der Waals surface area contributed by atoms with Gasteiger partial charge in [-0.1, -0.05) is 24.3 Å². The zero-order chi connectivity index (χ0) is 13.5. The maximum absolute atomic E-state index is 4.09. The van der Waals surface area contributed by atoms with Gasteiger partial charge in [-0.05, 0) is 30.2 Å². The minimum Gasteiger partial charge on any atom is -0.244 e.